The van der Waals surface area contributed by atoms with Gasteiger partial charge in [0.1, 0.15) is 17.4 Å². The second-order valence-electron chi connectivity index (χ2n) is 8.11. The van der Waals surface area contributed by atoms with Crippen molar-refractivity contribution < 1.29 is 0 Å². The Balaban J connectivity index is 1.50. The minimum atomic E-state index is 0.260. The first-order chi connectivity index (χ1) is 15.6. The summed E-state index contributed by atoms with van der Waals surface area (Å²) in [5.74, 6) is 1.99. The number of para-hydroxylation sites is 1. The summed E-state index contributed by atoms with van der Waals surface area (Å²) >= 11 is 0. The zero-order chi connectivity index (χ0) is 22.1. The highest BCUT2D eigenvalue weighted by molar-refractivity contribution is 5.83. The van der Waals surface area contributed by atoms with Crippen LogP contribution in [0.1, 0.15) is 36.7 Å². The maximum Gasteiger partial charge on any atom is 0.152 e. The van der Waals surface area contributed by atoms with Crippen molar-refractivity contribution in [2.45, 2.75) is 26.2 Å². The molecule has 0 radical (unpaired) electrons. The molecule has 0 amide bonds. The van der Waals surface area contributed by atoms with Crippen LogP contribution in [0.3, 0.4) is 0 Å². The largest absolute Gasteiger partial charge is 0.368 e. The number of nitrogens with one attached hydrogen (secondary N) is 2. The molecule has 0 spiro atoms. The summed E-state index contributed by atoms with van der Waals surface area (Å²) in [5.41, 5.74) is 5.40. The number of nitrogens with zero attached hydrogens (tertiary/aromatic N) is 5. The Labute approximate surface area is 185 Å². The van der Waals surface area contributed by atoms with Crippen LogP contribution in [-0.2, 0) is 6.42 Å². The molecule has 5 aromatic rings. The lowest BCUT2D eigenvalue weighted by Gasteiger charge is -2.12. The molecule has 0 fully saturated rings. The lowest BCUT2D eigenvalue weighted by molar-refractivity contribution is 0.769. The molecule has 32 heavy (non-hydrogen) atoms. The van der Waals surface area contributed by atoms with Crippen LogP contribution in [0.15, 0.2) is 61.3 Å². The van der Waals surface area contributed by atoms with Gasteiger partial charge in [0, 0.05) is 53.7 Å². The molecule has 2 N–H and O–H groups in total. The molecule has 7 nitrogen and oxygen atoms in total. The topological polar surface area (TPSA) is 94.7 Å². The number of rotatable bonds is 6. The van der Waals surface area contributed by atoms with Gasteiger partial charge in [-0.2, -0.15) is 5.26 Å². The molecule has 0 atom stereocenters. The van der Waals surface area contributed by atoms with Gasteiger partial charge in [0.15, 0.2) is 5.82 Å². The Bertz CT molecular complexity index is 1450. The van der Waals surface area contributed by atoms with Crippen LogP contribution >= 0.6 is 0 Å². The Morgan fingerprint density at radius 1 is 1.19 bits per heavy atom. The Hall–Kier alpha value is -4.18. The van der Waals surface area contributed by atoms with Gasteiger partial charge in [0.25, 0.3) is 0 Å². The molecule has 0 bridgehead atoms. The number of anilines is 1. The second kappa shape index (κ2) is 8.16. The summed E-state index contributed by atoms with van der Waals surface area (Å²) in [6.07, 6.45) is 10.1. The zero-order valence-electron chi connectivity index (χ0n) is 18.0. The van der Waals surface area contributed by atoms with Crippen molar-refractivity contribution in [1.29, 1.82) is 5.26 Å². The van der Waals surface area contributed by atoms with E-state index in [1.165, 1.54) is 10.9 Å². The normalized spacial score (nSPS) is 11.3. The minimum absolute atomic E-state index is 0.260. The van der Waals surface area contributed by atoms with E-state index in [-0.39, 0.29) is 5.92 Å². The molecular weight excluding hydrogens is 398 g/mol. The van der Waals surface area contributed by atoms with Crippen LogP contribution in [0.4, 0.5) is 5.82 Å². The lowest BCUT2D eigenvalue weighted by Crippen LogP contribution is -2.09. The quantitative estimate of drug-likeness (QED) is 0.406. The first-order valence-corrected chi connectivity index (χ1v) is 10.7. The molecule has 0 unspecified atom stereocenters. The standard InChI is InChI=1S/C25H23N7/c1-16(2)25-30-14-23-24(28-8-7-18-13-29-21-6-4-3-5-20(18)21)31-22(15-32(23)25)19-9-17(10-26)11-27-12-19/h3-6,9,11-16,29H,7-8H2,1-2H3,(H,28,31). The van der Waals surface area contributed by atoms with Gasteiger partial charge in [-0.15, -0.1) is 0 Å². The van der Waals surface area contributed by atoms with Crippen LogP contribution in [-0.4, -0.2) is 30.9 Å². The Kier molecular flexibility index (Phi) is 5.04. The predicted octanol–water partition coefficient (Wildman–Crippen LogP) is 4.92. The van der Waals surface area contributed by atoms with Crippen LogP contribution in [0.2, 0.25) is 0 Å². The third-order valence-electron chi connectivity index (χ3n) is 5.59. The average molecular weight is 422 g/mol. The molecule has 5 rings (SSSR count). The number of aromatic nitrogens is 5. The fourth-order valence-electron chi connectivity index (χ4n) is 4.01. The highest BCUT2D eigenvalue weighted by Gasteiger charge is 2.15. The maximum atomic E-state index is 9.26. The van der Waals surface area contributed by atoms with Gasteiger partial charge in [-0.3, -0.25) is 9.38 Å². The molecular formula is C25H23N7. The van der Waals surface area contributed by atoms with Gasteiger partial charge in [0.2, 0.25) is 0 Å². The SMILES string of the molecule is CC(C)c1ncc2c(NCCc3c[nH]c4ccccc34)nc(-c3cncc(C#N)c3)cn12. The molecule has 4 heterocycles. The van der Waals surface area contributed by atoms with Gasteiger partial charge in [-0.05, 0) is 24.1 Å². The second-order valence-corrected chi connectivity index (χ2v) is 8.11. The van der Waals surface area contributed by atoms with Gasteiger partial charge in [0.05, 0.1) is 17.5 Å². The lowest BCUT2D eigenvalue weighted by atomic mass is 10.1. The van der Waals surface area contributed by atoms with Crippen molar-refractivity contribution in [3.05, 3.63) is 78.3 Å². The van der Waals surface area contributed by atoms with E-state index < -0.39 is 0 Å². The fraction of sp³-hybridized carbons (Fsp3) is 0.200. The first kappa shape index (κ1) is 19.8. The number of hydrogen-bond acceptors (Lipinski definition) is 5. The van der Waals surface area contributed by atoms with Gasteiger partial charge >= 0.3 is 0 Å². The van der Waals surface area contributed by atoms with E-state index in [1.807, 2.05) is 24.5 Å². The smallest absolute Gasteiger partial charge is 0.152 e. The number of benzene rings is 1. The molecule has 0 aliphatic rings. The summed E-state index contributed by atoms with van der Waals surface area (Å²) in [6.45, 7) is 4.97. The van der Waals surface area contributed by atoms with E-state index in [0.29, 0.717) is 5.56 Å². The fourth-order valence-corrected chi connectivity index (χ4v) is 4.01. The van der Waals surface area contributed by atoms with Crippen molar-refractivity contribution in [2.75, 3.05) is 11.9 Å². The molecule has 0 aliphatic carbocycles. The van der Waals surface area contributed by atoms with E-state index in [2.05, 4.69) is 69.0 Å². The maximum absolute atomic E-state index is 9.26. The monoisotopic (exact) mass is 421 g/mol. The molecule has 0 saturated carbocycles. The average Bonchev–Trinajstić information content (AvgIpc) is 3.43. The number of fused-ring (bicyclic) bond motifs is 2. The Morgan fingerprint density at radius 3 is 2.91 bits per heavy atom. The third kappa shape index (κ3) is 3.56. The minimum Gasteiger partial charge on any atom is -0.368 e. The van der Waals surface area contributed by atoms with Crippen LogP contribution in [0.5, 0.6) is 0 Å². The molecule has 4 aromatic heterocycles. The summed E-state index contributed by atoms with van der Waals surface area (Å²) in [6, 6.07) is 12.3. The van der Waals surface area contributed by atoms with Gasteiger partial charge in [-0.25, -0.2) is 9.97 Å². The molecule has 1 aromatic carbocycles. The third-order valence-corrected chi connectivity index (χ3v) is 5.59. The van der Waals surface area contributed by atoms with E-state index >= 15 is 0 Å². The predicted molar refractivity (Wildman–Crippen MR) is 126 cm³/mol. The Morgan fingerprint density at radius 2 is 2.06 bits per heavy atom. The molecule has 0 saturated heterocycles. The number of hydrogen-bond donors (Lipinski definition) is 2. The number of imidazole rings is 1. The highest BCUT2D eigenvalue weighted by atomic mass is 15.1. The van der Waals surface area contributed by atoms with E-state index in [9.17, 15) is 5.26 Å². The first-order valence-electron chi connectivity index (χ1n) is 10.7. The van der Waals surface area contributed by atoms with Crippen molar-refractivity contribution >= 4 is 22.2 Å². The van der Waals surface area contributed by atoms with Crippen LogP contribution < -0.4 is 5.32 Å². The summed E-state index contributed by atoms with van der Waals surface area (Å²) < 4.78 is 2.08. The number of H-pyrrole nitrogens is 1. The van der Waals surface area contributed by atoms with Gasteiger partial charge < -0.3 is 10.3 Å². The van der Waals surface area contributed by atoms with Crippen molar-refractivity contribution in [2.24, 2.45) is 0 Å². The van der Waals surface area contributed by atoms with Crippen molar-refractivity contribution in [3.63, 3.8) is 0 Å². The van der Waals surface area contributed by atoms with E-state index in [1.54, 1.807) is 12.4 Å². The van der Waals surface area contributed by atoms with E-state index in [4.69, 9.17) is 4.98 Å². The summed E-state index contributed by atoms with van der Waals surface area (Å²) in [7, 11) is 0. The molecule has 158 valence electrons. The number of nitriles is 1. The number of pyridine rings is 1. The summed E-state index contributed by atoms with van der Waals surface area (Å²) in [4.78, 5) is 17.0. The van der Waals surface area contributed by atoms with Crippen molar-refractivity contribution in [3.8, 4) is 17.3 Å². The molecule has 7 heteroatoms. The van der Waals surface area contributed by atoms with Crippen LogP contribution in [0.25, 0.3) is 27.7 Å². The van der Waals surface area contributed by atoms with Crippen molar-refractivity contribution in [1.82, 2.24) is 24.3 Å². The highest BCUT2D eigenvalue weighted by Crippen LogP contribution is 2.26. The number of aromatic amines is 1. The van der Waals surface area contributed by atoms with Gasteiger partial charge in [-0.1, -0.05) is 32.0 Å². The zero-order valence-corrected chi connectivity index (χ0v) is 18.0. The van der Waals surface area contributed by atoms with E-state index in [0.717, 1.165) is 46.9 Å². The molecule has 0 aliphatic heterocycles. The summed E-state index contributed by atoms with van der Waals surface area (Å²) in [5, 5.41) is 14.0. The van der Waals surface area contributed by atoms with Crippen LogP contribution in [0, 0.1) is 11.3 Å².